The van der Waals surface area contributed by atoms with Crippen molar-refractivity contribution in [2.24, 2.45) is 0 Å². The van der Waals surface area contributed by atoms with Crippen LogP contribution in [0.5, 0.6) is 11.5 Å². The first-order valence-corrected chi connectivity index (χ1v) is 11.7. The number of hydrogen-bond donors (Lipinski definition) is 1. The third-order valence-corrected chi connectivity index (χ3v) is 5.70. The van der Waals surface area contributed by atoms with Gasteiger partial charge in [-0.1, -0.05) is 42.5 Å². The quantitative estimate of drug-likeness (QED) is 0.427. The van der Waals surface area contributed by atoms with Gasteiger partial charge in [-0.15, -0.1) is 0 Å². The Kier molecular flexibility index (Phi) is 7.81. The van der Waals surface area contributed by atoms with E-state index in [4.69, 9.17) is 9.47 Å². The van der Waals surface area contributed by atoms with Crippen molar-refractivity contribution in [2.75, 3.05) is 30.0 Å². The monoisotopic (exact) mass is 458 g/mol. The number of rotatable bonds is 10. The van der Waals surface area contributed by atoms with E-state index in [2.05, 4.69) is 5.32 Å². The minimum atomic E-state index is -0.0837. The largest absolute Gasteiger partial charge is 0.494 e. The lowest BCUT2D eigenvalue weighted by atomic mass is 10.1. The molecule has 0 spiro atoms. The topological polar surface area (TPSA) is 67.9 Å². The average Bonchev–Trinajstić information content (AvgIpc) is 2.84. The lowest BCUT2D eigenvalue weighted by Gasteiger charge is -2.30. The Labute approximate surface area is 200 Å². The summed E-state index contributed by atoms with van der Waals surface area (Å²) in [6.45, 7) is 3.22. The number of nitrogens with zero attached hydrogens (tertiary/aromatic N) is 1. The highest BCUT2D eigenvalue weighted by Gasteiger charge is 2.25. The third kappa shape index (κ3) is 6.38. The molecule has 0 unspecified atom stereocenters. The van der Waals surface area contributed by atoms with Gasteiger partial charge in [0, 0.05) is 18.7 Å². The molecular formula is C28H30N2O4. The molecular weight excluding hydrogens is 428 g/mol. The maximum absolute atomic E-state index is 12.6. The second-order valence-corrected chi connectivity index (χ2v) is 8.42. The Morgan fingerprint density at radius 1 is 1.03 bits per heavy atom. The van der Waals surface area contributed by atoms with Crippen LogP contribution in [0.15, 0.2) is 72.8 Å². The van der Waals surface area contributed by atoms with E-state index in [1.54, 1.807) is 4.90 Å². The Bertz CT molecular complexity index is 1130. The molecule has 0 aromatic heterocycles. The van der Waals surface area contributed by atoms with E-state index < -0.39 is 0 Å². The van der Waals surface area contributed by atoms with Crippen LogP contribution in [0, 0.1) is 6.92 Å². The van der Waals surface area contributed by atoms with Gasteiger partial charge in [0.1, 0.15) is 11.5 Å². The molecule has 0 bridgehead atoms. The molecule has 34 heavy (non-hydrogen) atoms. The van der Waals surface area contributed by atoms with E-state index in [0.717, 1.165) is 29.7 Å². The van der Waals surface area contributed by atoms with E-state index in [9.17, 15) is 9.59 Å². The number of anilines is 2. The molecule has 1 heterocycles. The number of nitrogens with one attached hydrogen (secondary N) is 1. The molecule has 6 heteroatoms. The first-order valence-electron chi connectivity index (χ1n) is 11.7. The summed E-state index contributed by atoms with van der Waals surface area (Å²) in [6, 6.07) is 23.3. The molecule has 3 aromatic rings. The number of fused-ring (bicyclic) bond motifs is 1. The maximum Gasteiger partial charge on any atom is 0.265 e. The summed E-state index contributed by atoms with van der Waals surface area (Å²) in [5.41, 5.74) is 3.63. The van der Waals surface area contributed by atoms with Crippen LogP contribution in [0.2, 0.25) is 0 Å². The van der Waals surface area contributed by atoms with Crippen LogP contribution in [0.1, 0.15) is 30.4 Å². The van der Waals surface area contributed by atoms with Crippen LogP contribution >= 0.6 is 0 Å². The van der Waals surface area contributed by atoms with Gasteiger partial charge in [-0.2, -0.15) is 0 Å². The zero-order valence-electron chi connectivity index (χ0n) is 19.5. The molecule has 0 atom stereocenters. The minimum absolute atomic E-state index is 0.0234. The molecule has 0 aliphatic carbocycles. The van der Waals surface area contributed by atoms with Crippen LogP contribution in [-0.2, 0) is 16.0 Å². The number of carbonyl (C=O) groups is 2. The van der Waals surface area contributed by atoms with Crippen molar-refractivity contribution in [3.63, 3.8) is 0 Å². The van der Waals surface area contributed by atoms with Crippen LogP contribution in [0.4, 0.5) is 11.4 Å². The van der Waals surface area contributed by atoms with Gasteiger partial charge >= 0.3 is 0 Å². The SMILES string of the molecule is Cc1cccc(OCCCCN2C(=O)COc3ccc(NC(=O)CCc4ccccc4)cc32)c1. The van der Waals surface area contributed by atoms with Gasteiger partial charge in [0.05, 0.1) is 12.3 Å². The molecule has 0 radical (unpaired) electrons. The molecule has 0 fully saturated rings. The average molecular weight is 459 g/mol. The highest BCUT2D eigenvalue weighted by molar-refractivity contribution is 5.99. The molecule has 4 rings (SSSR count). The van der Waals surface area contributed by atoms with Crippen molar-refractivity contribution in [3.8, 4) is 11.5 Å². The Morgan fingerprint density at radius 3 is 2.71 bits per heavy atom. The standard InChI is InChI=1S/C28H30N2O4/c1-21-8-7-11-24(18-21)33-17-6-5-16-30-25-19-23(13-14-26(25)34-20-28(30)32)29-27(31)15-12-22-9-3-2-4-10-22/h2-4,7-11,13-14,18-19H,5-6,12,15-17,20H2,1H3,(H,29,31). The van der Waals surface area contributed by atoms with Gasteiger partial charge < -0.3 is 19.7 Å². The predicted molar refractivity (Wildman–Crippen MR) is 134 cm³/mol. The van der Waals surface area contributed by atoms with Crippen molar-refractivity contribution < 1.29 is 19.1 Å². The first kappa shape index (κ1) is 23.4. The van der Waals surface area contributed by atoms with Crippen LogP contribution in [-0.4, -0.2) is 31.6 Å². The number of unbranched alkanes of at least 4 members (excludes halogenated alkanes) is 1. The van der Waals surface area contributed by atoms with Crippen molar-refractivity contribution in [2.45, 2.75) is 32.6 Å². The van der Waals surface area contributed by atoms with Crippen molar-refractivity contribution in [1.29, 1.82) is 0 Å². The zero-order valence-corrected chi connectivity index (χ0v) is 19.5. The smallest absolute Gasteiger partial charge is 0.265 e. The fraction of sp³-hybridized carbons (Fsp3) is 0.286. The lowest BCUT2D eigenvalue weighted by Crippen LogP contribution is -2.39. The summed E-state index contributed by atoms with van der Waals surface area (Å²) in [6.07, 6.45) is 2.69. The molecule has 1 N–H and O–H groups in total. The molecule has 176 valence electrons. The lowest BCUT2D eigenvalue weighted by molar-refractivity contribution is -0.121. The molecule has 1 aliphatic heterocycles. The number of hydrogen-bond acceptors (Lipinski definition) is 4. The summed E-state index contributed by atoms with van der Waals surface area (Å²) < 4.78 is 11.4. The van der Waals surface area contributed by atoms with Crippen molar-refractivity contribution in [3.05, 3.63) is 83.9 Å². The van der Waals surface area contributed by atoms with Gasteiger partial charge in [-0.3, -0.25) is 9.59 Å². The zero-order chi connectivity index (χ0) is 23.8. The molecule has 2 amide bonds. The number of ether oxygens (including phenoxy) is 2. The van der Waals surface area contributed by atoms with E-state index in [1.807, 2.05) is 79.7 Å². The molecule has 1 aliphatic rings. The van der Waals surface area contributed by atoms with Gasteiger partial charge in [-0.05, 0) is 67.6 Å². The fourth-order valence-electron chi connectivity index (χ4n) is 3.92. The summed E-state index contributed by atoms with van der Waals surface area (Å²) in [5.74, 6) is 1.37. The number of aryl methyl sites for hydroxylation is 2. The summed E-state index contributed by atoms with van der Waals surface area (Å²) in [5, 5.41) is 2.94. The second kappa shape index (κ2) is 11.4. The van der Waals surface area contributed by atoms with Crippen molar-refractivity contribution in [1.82, 2.24) is 0 Å². The van der Waals surface area contributed by atoms with Crippen LogP contribution in [0.25, 0.3) is 0 Å². The minimum Gasteiger partial charge on any atom is -0.494 e. The number of benzene rings is 3. The fourth-order valence-corrected chi connectivity index (χ4v) is 3.92. The predicted octanol–water partition coefficient (Wildman–Crippen LogP) is 5.15. The van der Waals surface area contributed by atoms with E-state index in [0.29, 0.717) is 43.1 Å². The van der Waals surface area contributed by atoms with Gasteiger partial charge in [0.25, 0.3) is 5.91 Å². The van der Waals surface area contributed by atoms with Gasteiger partial charge in [0.2, 0.25) is 5.91 Å². The van der Waals surface area contributed by atoms with Crippen LogP contribution in [0.3, 0.4) is 0 Å². The van der Waals surface area contributed by atoms with Gasteiger partial charge in [-0.25, -0.2) is 0 Å². The van der Waals surface area contributed by atoms with Gasteiger partial charge in [0.15, 0.2) is 6.61 Å². The van der Waals surface area contributed by atoms with E-state index in [-0.39, 0.29) is 18.4 Å². The normalized spacial score (nSPS) is 12.6. The van der Waals surface area contributed by atoms with E-state index in [1.165, 1.54) is 0 Å². The highest BCUT2D eigenvalue weighted by Crippen LogP contribution is 2.35. The maximum atomic E-state index is 12.6. The Balaban J connectivity index is 1.31. The molecule has 3 aromatic carbocycles. The number of amides is 2. The third-order valence-electron chi connectivity index (χ3n) is 5.70. The van der Waals surface area contributed by atoms with Crippen molar-refractivity contribution >= 4 is 23.2 Å². The van der Waals surface area contributed by atoms with E-state index >= 15 is 0 Å². The second-order valence-electron chi connectivity index (χ2n) is 8.42. The number of carbonyl (C=O) groups excluding carboxylic acids is 2. The summed E-state index contributed by atoms with van der Waals surface area (Å²) >= 11 is 0. The molecule has 6 nitrogen and oxygen atoms in total. The molecule has 0 saturated carbocycles. The summed E-state index contributed by atoms with van der Waals surface area (Å²) in [7, 11) is 0. The highest BCUT2D eigenvalue weighted by atomic mass is 16.5. The Morgan fingerprint density at radius 2 is 1.88 bits per heavy atom. The molecule has 0 saturated heterocycles. The Hall–Kier alpha value is -3.80. The van der Waals surface area contributed by atoms with Crippen LogP contribution < -0.4 is 19.7 Å². The first-order chi connectivity index (χ1) is 16.6. The summed E-state index contributed by atoms with van der Waals surface area (Å²) in [4.78, 5) is 26.7.